The molecule has 0 spiro atoms. The molecule has 2 N–H and O–H groups in total. The Morgan fingerprint density at radius 1 is 1.18 bits per heavy atom. The van der Waals surface area contributed by atoms with E-state index in [0.717, 1.165) is 18.2 Å². The summed E-state index contributed by atoms with van der Waals surface area (Å²) in [6, 6.07) is 8.38. The molecule has 0 radical (unpaired) electrons. The largest absolute Gasteiger partial charge is 0.456 e. The molecular formula is C14H9ClF3NO3. The van der Waals surface area contributed by atoms with E-state index >= 15 is 0 Å². The van der Waals surface area contributed by atoms with Crippen LogP contribution in [-0.4, -0.2) is 11.1 Å². The van der Waals surface area contributed by atoms with Crippen LogP contribution in [-0.2, 0) is 6.18 Å². The number of hydrogen-bond acceptors (Lipinski definition) is 3. The summed E-state index contributed by atoms with van der Waals surface area (Å²) in [7, 11) is 0. The van der Waals surface area contributed by atoms with Crippen LogP contribution in [0, 0.1) is 0 Å². The van der Waals surface area contributed by atoms with Gasteiger partial charge in [0, 0.05) is 5.56 Å². The lowest BCUT2D eigenvalue weighted by Crippen LogP contribution is -2.18. The summed E-state index contributed by atoms with van der Waals surface area (Å²) < 4.78 is 43.0. The maximum absolute atomic E-state index is 12.5. The molecule has 1 amide bonds. The molecule has 0 fully saturated rings. The van der Waals surface area contributed by atoms with Crippen LogP contribution in [0.1, 0.15) is 15.9 Å². The van der Waals surface area contributed by atoms with Gasteiger partial charge in [0.2, 0.25) is 0 Å². The summed E-state index contributed by atoms with van der Waals surface area (Å²) in [5, 5.41) is 8.34. The second-order valence-corrected chi connectivity index (χ2v) is 4.62. The SMILES string of the molecule is O=C(NO)c1cccc(Oc2ccc(C(F)(F)F)cc2Cl)c1. The molecule has 116 valence electrons. The highest BCUT2D eigenvalue weighted by Crippen LogP contribution is 2.36. The Morgan fingerprint density at radius 3 is 2.50 bits per heavy atom. The van der Waals surface area contributed by atoms with Gasteiger partial charge in [0.15, 0.2) is 0 Å². The van der Waals surface area contributed by atoms with E-state index in [9.17, 15) is 18.0 Å². The van der Waals surface area contributed by atoms with Crippen LogP contribution in [0.2, 0.25) is 5.02 Å². The van der Waals surface area contributed by atoms with Crippen molar-refractivity contribution < 1.29 is 27.9 Å². The number of halogens is 4. The highest BCUT2D eigenvalue weighted by Gasteiger charge is 2.31. The van der Waals surface area contributed by atoms with Gasteiger partial charge >= 0.3 is 6.18 Å². The van der Waals surface area contributed by atoms with Gasteiger partial charge in [0.1, 0.15) is 11.5 Å². The molecule has 0 heterocycles. The lowest BCUT2D eigenvalue weighted by molar-refractivity contribution is -0.137. The van der Waals surface area contributed by atoms with E-state index in [-0.39, 0.29) is 22.1 Å². The van der Waals surface area contributed by atoms with Crippen LogP contribution in [0.5, 0.6) is 11.5 Å². The van der Waals surface area contributed by atoms with Gasteiger partial charge in [-0.1, -0.05) is 17.7 Å². The zero-order valence-corrected chi connectivity index (χ0v) is 11.6. The first-order chi connectivity index (χ1) is 10.3. The number of carbonyl (C=O) groups is 1. The molecule has 0 aliphatic carbocycles. The summed E-state index contributed by atoms with van der Waals surface area (Å²) >= 11 is 5.77. The molecule has 0 saturated heterocycles. The zero-order chi connectivity index (χ0) is 16.3. The number of hydroxylamine groups is 1. The quantitative estimate of drug-likeness (QED) is 0.652. The Balaban J connectivity index is 2.26. The Morgan fingerprint density at radius 2 is 1.91 bits per heavy atom. The Kier molecular flexibility index (Phi) is 4.58. The van der Waals surface area contributed by atoms with Gasteiger partial charge in [-0.2, -0.15) is 13.2 Å². The maximum atomic E-state index is 12.5. The molecule has 0 unspecified atom stereocenters. The second kappa shape index (κ2) is 6.25. The number of ether oxygens (including phenoxy) is 1. The molecule has 8 heteroatoms. The summed E-state index contributed by atoms with van der Waals surface area (Å²) in [6.07, 6.45) is -4.50. The van der Waals surface area contributed by atoms with Gasteiger partial charge in [-0.15, -0.1) is 0 Å². The maximum Gasteiger partial charge on any atom is 0.416 e. The van der Waals surface area contributed by atoms with E-state index in [4.69, 9.17) is 21.5 Å². The smallest absolute Gasteiger partial charge is 0.416 e. The third-order valence-electron chi connectivity index (χ3n) is 2.68. The minimum absolute atomic E-state index is 0.0104. The number of hydrogen-bond donors (Lipinski definition) is 2. The molecule has 0 aromatic heterocycles. The van der Waals surface area contributed by atoms with Crippen LogP contribution < -0.4 is 10.2 Å². The van der Waals surface area contributed by atoms with Crippen molar-refractivity contribution in [1.82, 2.24) is 5.48 Å². The first-order valence-electron chi connectivity index (χ1n) is 5.90. The lowest BCUT2D eigenvalue weighted by atomic mass is 10.2. The van der Waals surface area contributed by atoms with Crippen molar-refractivity contribution in [3.63, 3.8) is 0 Å². The number of benzene rings is 2. The van der Waals surface area contributed by atoms with Crippen molar-refractivity contribution in [2.45, 2.75) is 6.18 Å². The fourth-order valence-corrected chi connectivity index (χ4v) is 1.87. The Hall–Kier alpha value is -2.25. The van der Waals surface area contributed by atoms with Crippen LogP contribution in [0.4, 0.5) is 13.2 Å². The van der Waals surface area contributed by atoms with Crippen molar-refractivity contribution in [1.29, 1.82) is 0 Å². The van der Waals surface area contributed by atoms with Crippen LogP contribution in [0.15, 0.2) is 42.5 Å². The number of rotatable bonds is 3. The van der Waals surface area contributed by atoms with E-state index in [1.807, 2.05) is 0 Å². The first-order valence-corrected chi connectivity index (χ1v) is 6.28. The fourth-order valence-electron chi connectivity index (χ4n) is 1.65. The van der Waals surface area contributed by atoms with Crippen molar-refractivity contribution in [3.05, 3.63) is 58.6 Å². The van der Waals surface area contributed by atoms with Gasteiger partial charge in [-0.25, -0.2) is 5.48 Å². The summed E-state index contributed by atoms with van der Waals surface area (Å²) in [6.45, 7) is 0. The van der Waals surface area contributed by atoms with E-state index in [0.29, 0.717) is 0 Å². The predicted molar refractivity (Wildman–Crippen MR) is 72.2 cm³/mol. The number of nitrogens with one attached hydrogen (secondary N) is 1. The molecule has 0 bridgehead atoms. The van der Waals surface area contributed by atoms with Crippen molar-refractivity contribution in [2.24, 2.45) is 0 Å². The third kappa shape index (κ3) is 3.69. The molecule has 22 heavy (non-hydrogen) atoms. The molecular weight excluding hydrogens is 323 g/mol. The van der Waals surface area contributed by atoms with Gasteiger partial charge in [0.25, 0.3) is 5.91 Å². The van der Waals surface area contributed by atoms with E-state index in [1.54, 1.807) is 0 Å². The minimum Gasteiger partial charge on any atom is -0.456 e. The molecule has 2 aromatic rings. The average Bonchev–Trinajstić information content (AvgIpc) is 2.47. The van der Waals surface area contributed by atoms with Gasteiger partial charge < -0.3 is 4.74 Å². The number of amides is 1. The van der Waals surface area contributed by atoms with Crippen molar-refractivity contribution in [2.75, 3.05) is 0 Å². The van der Waals surface area contributed by atoms with Crippen LogP contribution in [0.3, 0.4) is 0 Å². The van der Waals surface area contributed by atoms with Gasteiger partial charge in [0.05, 0.1) is 10.6 Å². The van der Waals surface area contributed by atoms with E-state index in [1.165, 1.54) is 29.7 Å². The highest BCUT2D eigenvalue weighted by atomic mass is 35.5. The molecule has 0 saturated carbocycles. The third-order valence-corrected chi connectivity index (χ3v) is 2.98. The first kappa shape index (κ1) is 16.1. The Bertz CT molecular complexity index is 704. The van der Waals surface area contributed by atoms with E-state index < -0.39 is 17.6 Å². The van der Waals surface area contributed by atoms with Crippen LogP contribution in [0.25, 0.3) is 0 Å². The summed E-state index contributed by atoms with van der Waals surface area (Å²) in [5.41, 5.74) is 0.686. The topological polar surface area (TPSA) is 58.6 Å². The Labute approximate surface area is 128 Å². The summed E-state index contributed by atoms with van der Waals surface area (Å²) in [5.74, 6) is -0.553. The van der Waals surface area contributed by atoms with Crippen molar-refractivity contribution in [3.8, 4) is 11.5 Å². The molecule has 0 atom stereocenters. The molecule has 2 rings (SSSR count). The monoisotopic (exact) mass is 331 g/mol. The predicted octanol–water partition coefficient (Wildman–Crippen LogP) is 4.27. The standard InChI is InChI=1S/C14H9ClF3NO3/c15-11-7-9(14(16,17)18)4-5-12(11)22-10-3-1-2-8(6-10)13(20)19-21/h1-7,21H,(H,19,20). The second-order valence-electron chi connectivity index (χ2n) is 4.21. The molecule has 0 aliphatic heterocycles. The van der Waals surface area contributed by atoms with Crippen LogP contribution >= 0.6 is 11.6 Å². The summed E-state index contributed by atoms with van der Waals surface area (Å²) in [4.78, 5) is 11.3. The molecule has 4 nitrogen and oxygen atoms in total. The molecule has 0 aliphatic rings. The minimum atomic E-state index is -4.50. The number of alkyl halides is 3. The van der Waals surface area contributed by atoms with Gasteiger partial charge in [-0.3, -0.25) is 10.0 Å². The van der Waals surface area contributed by atoms with Crippen molar-refractivity contribution >= 4 is 17.5 Å². The lowest BCUT2D eigenvalue weighted by Gasteiger charge is -2.11. The fraction of sp³-hybridized carbons (Fsp3) is 0.0714. The molecule has 2 aromatic carbocycles. The highest BCUT2D eigenvalue weighted by molar-refractivity contribution is 6.32. The van der Waals surface area contributed by atoms with E-state index in [2.05, 4.69) is 0 Å². The van der Waals surface area contributed by atoms with Gasteiger partial charge in [-0.05, 0) is 36.4 Å². The average molecular weight is 332 g/mol. The number of carbonyl (C=O) groups excluding carboxylic acids is 1. The normalized spacial score (nSPS) is 11.1. The zero-order valence-electron chi connectivity index (χ0n) is 10.8.